The van der Waals surface area contributed by atoms with Gasteiger partial charge in [0.1, 0.15) is 0 Å². The normalized spacial score (nSPS) is 13.8. The van der Waals surface area contributed by atoms with Gasteiger partial charge in [-0.1, -0.05) is 222 Å². The summed E-state index contributed by atoms with van der Waals surface area (Å²) in [4.78, 5) is 2.51. The molecule has 1 nitrogen and oxygen atoms in total. The molecule has 0 amide bonds. The zero-order valence-corrected chi connectivity index (χ0v) is 37.3. The molecule has 0 saturated carbocycles. The molecule has 0 radical (unpaired) electrons. The van der Waals surface area contributed by atoms with Gasteiger partial charge in [0.25, 0.3) is 0 Å². The first-order chi connectivity index (χ1) is 31.8. The fraction of sp³-hybridized carbons (Fsp3) is 0.0938. The second-order valence-electron chi connectivity index (χ2n) is 18.8. The maximum atomic E-state index is 2.51. The average molecular weight is 832 g/mol. The van der Waals surface area contributed by atoms with E-state index >= 15 is 0 Å². The molecule has 0 N–H and O–H groups in total. The molecular weight excluding hydrogens is 783 g/mol. The molecule has 0 atom stereocenters. The van der Waals surface area contributed by atoms with Crippen molar-refractivity contribution in [1.29, 1.82) is 0 Å². The molecule has 10 aromatic carbocycles. The molecule has 0 bridgehead atoms. The summed E-state index contributed by atoms with van der Waals surface area (Å²) in [5, 5.41) is 2.50. The van der Waals surface area contributed by atoms with Crippen LogP contribution in [0.5, 0.6) is 0 Å². The van der Waals surface area contributed by atoms with Gasteiger partial charge in [-0.3, -0.25) is 0 Å². The molecule has 2 aliphatic carbocycles. The summed E-state index contributed by atoms with van der Waals surface area (Å²) in [5.41, 5.74) is 23.7. The van der Waals surface area contributed by atoms with Crippen LogP contribution in [0.4, 0.5) is 17.1 Å². The average Bonchev–Trinajstić information content (AvgIpc) is 3.74. The van der Waals surface area contributed by atoms with Gasteiger partial charge < -0.3 is 4.90 Å². The quantitative estimate of drug-likeness (QED) is 0.155. The van der Waals surface area contributed by atoms with Crippen LogP contribution in [0.2, 0.25) is 0 Å². The molecule has 1 heteroatoms. The van der Waals surface area contributed by atoms with Crippen LogP contribution in [0.1, 0.15) is 49.9 Å². The lowest BCUT2D eigenvalue weighted by molar-refractivity contribution is 0.660. The molecule has 10 aromatic rings. The lowest BCUT2D eigenvalue weighted by Crippen LogP contribution is -2.17. The minimum absolute atomic E-state index is 0.112. The van der Waals surface area contributed by atoms with Gasteiger partial charge in [-0.2, -0.15) is 0 Å². The molecule has 0 saturated heterocycles. The van der Waals surface area contributed by atoms with Crippen LogP contribution < -0.4 is 4.90 Å². The Morgan fingerprint density at radius 2 is 0.738 bits per heavy atom. The smallest absolute Gasteiger partial charge is 0.0540 e. The van der Waals surface area contributed by atoms with Crippen molar-refractivity contribution in [1.82, 2.24) is 0 Å². The lowest BCUT2D eigenvalue weighted by Gasteiger charge is -2.32. The van der Waals surface area contributed by atoms with Crippen LogP contribution in [-0.4, -0.2) is 0 Å². The first-order valence-electron chi connectivity index (χ1n) is 22.9. The number of nitrogens with zero attached hydrogens (tertiary/aromatic N) is 1. The summed E-state index contributed by atoms with van der Waals surface area (Å²) in [7, 11) is 0. The van der Waals surface area contributed by atoms with E-state index in [2.05, 4.69) is 257 Å². The molecule has 12 rings (SSSR count). The highest BCUT2D eigenvalue weighted by atomic mass is 15.1. The van der Waals surface area contributed by atoms with Crippen LogP contribution in [0.25, 0.3) is 77.5 Å². The first-order valence-corrected chi connectivity index (χ1v) is 22.9. The molecule has 0 unspecified atom stereocenters. The van der Waals surface area contributed by atoms with E-state index in [4.69, 9.17) is 0 Å². The van der Waals surface area contributed by atoms with E-state index in [0.29, 0.717) is 0 Å². The maximum absolute atomic E-state index is 2.51. The number of hydrogen-bond donors (Lipinski definition) is 0. The van der Waals surface area contributed by atoms with Gasteiger partial charge in [-0.25, -0.2) is 0 Å². The summed E-state index contributed by atoms with van der Waals surface area (Å²) in [6.07, 6.45) is 0. The Kier molecular flexibility index (Phi) is 8.94. The fourth-order valence-corrected chi connectivity index (χ4v) is 11.4. The van der Waals surface area contributed by atoms with E-state index < -0.39 is 0 Å². The van der Waals surface area contributed by atoms with Gasteiger partial charge in [0.2, 0.25) is 0 Å². The van der Waals surface area contributed by atoms with E-state index in [0.717, 1.165) is 17.1 Å². The Hall–Kier alpha value is -7.74. The number of fused-ring (bicyclic) bond motifs is 7. The first kappa shape index (κ1) is 38.9. The second-order valence-corrected chi connectivity index (χ2v) is 18.8. The number of para-hydroxylation sites is 2. The zero-order chi connectivity index (χ0) is 43.9. The van der Waals surface area contributed by atoms with Crippen molar-refractivity contribution in [3.8, 4) is 66.8 Å². The molecule has 2 aliphatic rings. The summed E-state index contributed by atoms with van der Waals surface area (Å²) < 4.78 is 0. The van der Waals surface area contributed by atoms with Crippen molar-refractivity contribution >= 4 is 27.8 Å². The SMILES string of the molecule is CC1(C)c2ccccc2-c2ccc(-c3ccccc3N(c3ccc(-c4cccc5cccc(-c6ccccc6)c45)cc3)c3ccccc3-c3cccc4c3C(C)(C)c3ccccc3-4)cc21. The summed E-state index contributed by atoms with van der Waals surface area (Å²) in [6, 6.07) is 83.3. The molecule has 0 heterocycles. The third kappa shape index (κ3) is 6.06. The van der Waals surface area contributed by atoms with Gasteiger partial charge in [0, 0.05) is 27.6 Å². The van der Waals surface area contributed by atoms with Crippen molar-refractivity contribution in [3.05, 3.63) is 247 Å². The summed E-state index contributed by atoms with van der Waals surface area (Å²) >= 11 is 0. The lowest BCUT2D eigenvalue weighted by atomic mass is 9.78. The summed E-state index contributed by atoms with van der Waals surface area (Å²) in [5.74, 6) is 0. The minimum Gasteiger partial charge on any atom is -0.309 e. The third-order valence-corrected chi connectivity index (χ3v) is 14.5. The van der Waals surface area contributed by atoms with E-state index in [1.54, 1.807) is 0 Å². The number of hydrogen-bond acceptors (Lipinski definition) is 1. The minimum atomic E-state index is -0.175. The van der Waals surface area contributed by atoms with Crippen LogP contribution in [0.3, 0.4) is 0 Å². The number of anilines is 3. The zero-order valence-electron chi connectivity index (χ0n) is 37.3. The Morgan fingerprint density at radius 3 is 1.42 bits per heavy atom. The monoisotopic (exact) mass is 831 g/mol. The molecule has 310 valence electrons. The fourth-order valence-electron chi connectivity index (χ4n) is 11.4. The molecule has 0 fully saturated rings. The third-order valence-electron chi connectivity index (χ3n) is 14.5. The van der Waals surface area contributed by atoms with Crippen molar-refractivity contribution in [2.24, 2.45) is 0 Å². The molecule has 65 heavy (non-hydrogen) atoms. The number of benzene rings is 10. The Bertz CT molecular complexity index is 3470. The predicted octanol–water partition coefficient (Wildman–Crippen LogP) is 17.6. The van der Waals surface area contributed by atoms with Crippen LogP contribution in [0, 0.1) is 0 Å². The van der Waals surface area contributed by atoms with E-state index in [9.17, 15) is 0 Å². The number of rotatable bonds is 7. The van der Waals surface area contributed by atoms with Crippen molar-refractivity contribution in [2.45, 2.75) is 38.5 Å². The highest BCUT2D eigenvalue weighted by Gasteiger charge is 2.38. The standard InChI is InChI=1S/C64H49N/c1-63(2)56-31-12-8-24-50(56)52-40-37-45(41-58(52)63)47-23-10-14-33-59(47)65(60-34-15-11-26-53(60)55-30-18-29-54-51-25-9-13-32-57(51)64(3,4)62(54)55)46-38-35-43(36-39-46)49-28-17-22-44-21-16-27-48(61(44)49)42-19-6-5-7-20-42/h5-41H,1-4H3. The van der Waals surface area contributed by atoms with Gasteiger partial charge in [-0.15, -0.1) is 0 Å². The van der Waals surface area contributed by atoms with Crippen molar-refractivity contribution in [3.63, 3.8) is 0 Å². The van der Waals surface area contributed by atoms with Gasteiger partial charge in [0.15, 0.2) is 0 Å². The van der Waals surface area contributed by atoms with Crippen LogP contribution >= 0.6 is 0 Å². The molecule has 0 aliphatic heterocycles. The Balaban J connectivity index is 1.06. The van der Waals surface area contributed by atoms with Crippen molar-refractivity contribution < 1.29 is 0 Å². The van der Waals surface area contributed by atoms with Crippen LogP contribution in [0.15, 0.2) is 224 Å². The van der Waals surface area contributed by atoms with Gasteiger partial charge >= 0.3 is 0 Å². The highest BCUT2D eigenvalue weighted by molar-refractivity contribution is 6.07. The second kappa shape index (κ2) is 14.9. The van der Waals surface area contributed by atoms with Crippen molar-refractivity contribution in [2.75, 3.05) is 4.90 Å². The predicted molar refractivity (Wildman–Crippen MR) is 276 cm³/mol. The Morgan fingerprint density at radius 1 is 0.292 bits per heavy atom. The van der Waals surface area contributed by atoms with Crippen LogP contribution in [-0.2, 0) is 10.8 Å². The largest absolute Gasteiger partial charge is 0.309 e. The Labute approximate surface area is 383 Å². The topological polar surface area (TPSA) is 3.24 Å². The van der Waals surface area contributed by atoms with E-state index in [1.807, 2.05) is 0 Å². The van der Waals surface area contributed by atoms with E-state index in [-0.39, 0.29) is 10.8 Å². The molecule has 0 aromatic heterocycles. The van der Waals surface area contributed by atoms with E-state index in [1.165, 1.54) is 99.8 Å². The molecular formula is C64H49N. The summed E-state index contributed by atoms with van der Waals surface area (Å²) in [6.45, 7) is 9.52. The van der Waals surface area contributed by atoms with Gasteiger partial charge in [-0.05, 0) is 119 Å². The van der Waals surface area contributed by atoms with Gasteiger partial charge in [0.05, 0.1) is 11.4 Å². The highest BCUT2D eigenvalue weighted by Crippen LogP contribution is 2.55. The maximum Gasteiger partial charge on any atom is 0.0540 e. The molecule has 0 spiro atoms.